The van der Waals surface area contributed by atoms with Gasteiger partial charge in [-0.15, -0.1) is 0 Å². The van der Waals surface area contributed by atoms with Crippen LogP contribution in [0.4, 0.5) is 5.69 Å². The average molecular weight is 272 g/mol. The highest BCUT2D eigenvalue weighted by atomic mass is 32.2. The Morgan fingerprint density at radius 3 is 2.83 bits per heavy atom. The number of nitro groups is 1. The number of hydrogen-bond donors (Lipinski definition) is 2. The van der Waals surface area contributed by atoms with Crippen LogP contribution < -0.4 is 0 Å². The highest BCUT2D eigenvalue weighted by molar-refractivity contribution is 8.13. The van der Waals surface area contributed by atoms with Crippen molar-refractivity contribution in [1.82, 2.24) is 4.98 Å². The van der Waals surface area contributed by atoms with E-state index < -0.39 is 17.1 Å². The molecule has 1 aromatic rings. The number of aromatic nitrogens is 1. The fourth-order valence-corrected chi connectivity index (χ4v) is 1.86. The molecule has 0 amide bonds. The van der Waals surface area contributed by atoms with Gasteiger partial charge in [0.1, 0.15) is 11.8 Å². The SMILES string of the molecule is CC(=O)SCC(O)C(O)c1ncccc1[N+](=O)[O-]. The van der Waals surface area contributed by atoms with Crippen LogP contribution in [0.2, 0.25) is 0 Å². The molecule has 0 spiro atoms. The number of aliphatic hydroxyl groups excluding tert-OH is 2. The first-order valence-electron chi connectivity index (χ1n) is 5.02. The van der Waals surface area contributed by atoms with Crippen molar-refractivity contribution in [3.05, 3.63) is 34.1 Å². The van der Waals surface area contributed by atoms with Crippen LogP contribution in [0.25, 0.3) is 0 Å². The van der Waals surface area contributed by atoms with Crippen LogP contribution in [0.3, 0.4) is 0 Å². The highest BCUT2D eigenvalue weighted by Crippen LogP contribution is 2.26. The Bertz CT molecular complexity index is 454. The molecule has 1 heterocycles. The molecule has 2 atom stereocenters. The number of rotatable bonds is 5. The second kappa shape index (κ2) is 6.43. The summed E-state index contributed by atoms with van der Waals surface area (Å²) in [4.78, 5) is 24.5. The van der Waals surface area contributed by atoms with E-state index in [0.717, 1.165) is 11.8 Å². The van der Waals surface area contributed by atoms with Gasteiger partial charge in [0.15, 0.2) is 5.12 Å². The standard InChI is InChI=1S/C10H12N2O5S/c1-6(13)18-5-8(14)10(15)9-7(12(16)17)3-2-4-11-9/h2-4,8,10,14-15H,5H2,1H3. The van der Waals surface area contributed by atoms with Crippen molar-refractivity contribution in [2.24, 2.45) is 0 Å². The molecule has 0 fully saturated rings. The van der Waals surface area contributed by atoms with Gasteiger partial charge in [0.25, 0.3) is 5.69 Å². The van der Waals surface area contributed by atoms with E-state index in [1.807, 2.05) is 0 Å². The minimum atomic E-state index is -1.50. The van der Waals surface area contributed by atoms with E-state index in [1.165, 1.54) is 25.3 Å². The van der Waals surface area contributed by atoms with Crippen LogP contribution in [0.15, 0.2) is 18.3 Å². The van der Waals surface area contributed by atoms with Gasteiger partial charge >= 0.3 is 0 Å². The Kier molecular flexibility index (Phi) is 5.20. The topological polar surface area (TPSA) is 114 Å². The Labute approximate surface area is 107 Å². The van der Waals surface area contributed by atoms with E-state index in [2.05, 4.69) is 4.98 Å². The second-order valence-corrected chi connectivity index (χ2v) is 4.68. The van der Waals surface area contributed by atoms with Gasteiger partial charge in [-0.2, -0.15) is 0 Å². The molecule has 98 valence electrons. The van der Waals surface area contributed by atoms with Gasteiger partial charge in [0.05, 0.1) is 11.0 Å². The molecule has 2 N–H and O–H groups in total. The summed E-state index contributed by atoms with van der Waals surface area (Å²) in [6.07, 6.45) is -1.51. The Hall–Kier alpha value is -1.51. The average Bonchev–Trinajstić information content (AvgIpc) is 2.34. The molecule has 0 aliphatic carbocycles. The molecular formula is C10H12N2O5S. The number of pyridine rings is 1. The zero-order chi connectivity index (χ0) is 13.7. The molecular weight excluding hydrogens is 260 g/mol. The summed E-state index contributed by atoms with van der Waals surface area (Å²) in [5.74, 6) is -0.0514. The summed E-state index contributed by atoms with van der Waals surface area (Å²) in [6.45, 7) is 1.33. The molecule has 0 bridgehead atoms. The van der Waals surface area contributed by atoms with Crippen LogP contribution in [0.1, 0.15) is 18.7 Å². The van der Waals surface area contributed by atoms with Gasteiger partial charge in [-0.25, -0.2) is 0 Å². The number of carbonyl (C=O) groups is 1. The van der Waals surface area contributed by atoms with Gasteiger partial charge in [-0.05, 0) is 6.07 Å². The third-order valence-electron chi connectivity index (χ3n) is 2.11. The molecule has 18 heavy (non-hydrogen) atoms. The Balaban J connectivity index is 2.86. The Morgan fingerprint density at radius 1 is 1.61 bits per heavy atom. The van der Waals surface area contributed by atoms with E-state index in [-0.39, 0.29) is 22.2 Å². The monoisotopic (exact) mass is 272 g/mol. The first-order chi connectivity index (χ1) is 8.43. The summed E-state index contributed by atoms with van der Waals surface area (Å²) in [5, 5.41) is 29.9. The lowest BCUT2D eigenvalue weighted by Gasteiger charge is -2.16. The maximum Gasteiger partial charge on any atom is 0.293 e. The van der Waals surface area contributed by atoms with Gasteiger partial charge in [0, 0.05) is 24.9 Å². The van der Waals surface area contributed by atoms with Crippen LogP contribution in [0, 0.1) is 10.1 Å². The van der Waals surface area contributed by atoms with Crippen molar-refractivity contribution in [2.75, 3.05) is 5.75 Å². The van der Waals surface area contributed by atoms with Crippen molar-refractivity contribution in [1.29, 1.82) is 0 Å². The lowest BCUT2D eigenvalue weighted by atomic mass is 10.1. The van der Waals surface area contributed by atoms with E-state index in [1.54, 1.807) is 0 Å². The van der Waals surface area contributed by atoms with E-state index in [0.29, 0.717) is 0 Å². The summed E-state index contributed by atoms with van der Waals surface area (Å²) in [5.41, 5.74) is -0.573. The fourth-order valence-electron chi connectivity index (χ4n) is 1.27. The Morgan fingerprint density at radius 2 is 2.28 bits per heavy atom. The molecule has 8 heteroatoms. The quantitative estimate of drug-likeness (QED) is 0.598. The zero-order valence-corrected chi connectivity index (χ0v) is 10.3. The van der Waals surface area contributed by atoms with E-state index in [9.17, 15) is 25.1 Å². The molecule has 0 saturated carbocycles. The first kappa shape index (κ1) is 14.6. The van der Waals surface area contributed by atoms with Crippen molar-refractivity contribution in [3.63, 3.8) is 0 Å². The van der Waals surface area contributed by atoms with Crippen LogP contribution in [-0.2, 0) is 4.79 Å². The molecule has 0 radical (unpaired) electrons. The normalized spacial score (nSPS) is 13.9. The molecule has 1 aromatic heterocycles. The van der Waals surface area contributed by atoms with Gasteiger partial charge < -0.3 is 10.2 Å². The maximum atomic E-state index is 10.7. The summed E-state index contributed by atoms with van der Waals surface area (Å²) < 4.78 is 0. The predicted molar refractivity (Wildman–Crippen MR) is 65.0 cm³/mol. The smallest absolute Gasteiger partial charge is 0.293 e. The molecule has 1 rings (SSSR count). The van der Waals surface area contributed by atoms with Crippen LogP contribution >= 0.6 is 11.8 Å². The van der Waals surface area contributed by atoms with Crippen LogP contribution in [0.5, 0.6) is 0 Å². The van der Waals surface area contributed by atoms with Gasteiger partial charge in [-0.3, -0.25) is 19.9 Å². The number of carbonyl (C=O) groups excluding carboxylic acids is 1. The minimum Gasteiger partial charge on any atom is -0.389 e. The van der Waals surface area contributed by atoms with Crippen molar-refractivity contribution in [2.45, 2.75) is 19.1 Å². The van der Waals surface area contributed by atoms with E-state index >= 15 is 0 Å². The number of hydrogen-bond acceptors (Lipinski definition) is 7. The third-order valence-corrected chi connectivity index (χ3v) is 3.03. The molecule has 0 aliphatic rings. The molecule has 0 saturated heterocycles. The summed E-state index contributed by atoms with van der Waals surface area (Å²) in [7, 11) is 0. The summed E-state index contributed by atoms with van der Waals surface area (Å²) >= 11 is 0.830. The van der Waals surface area contributed by atoms with Gasteiger partial charge in [-0.1, -0.05) is 11.8 Å². The molecule has 2 unspecified atom stereocenters. The zero-order valence-electron chi connectivity index (χ0n) is 9.52. The van der Waals surface area contributed by atoms with E-state index in [4.69, 9.17) is 0 Å². The lowest BCUT2D eigenvalue weighted by molar-refractivity contribution is -0.386. The van der Waals surface area contributed by atoms with Crippen molar-refractivity contribution < 1.29 is 19.9 Å². The highest BCUT2D eigenvalue weighted by Gasteiger charge is 2.27. The maximum absolute atomic E-state index is 10.7. The first-order valence-corrected chi connectivity index (χ1v) is 6.01. The number of aliphatic hydroxyl groups is 2. The van der Waals surface area contributed by atoms with Crippen molar-refractivity contribution >= 4 is 22.6 Å². The number of thioether (sulfide) groups is 1. The predicted octanol–water partition coefficient (Wildman–Crippen LogP) is 0.664. The largest absolute Gasteiger partial charge is 0.389 e. The molecule has 0 aromatic carbocycles. The molecule has 7 nitrogen and oxygen atoms in total. The fraction of sp³-hybridized carbons (Fsp3) is 0.400. The minimum absolute atomic E-state index is 0.0514. The molecule has 0 aliphatic heterocycles. The third kappa shape index (κ3) is 3.76. The number of nitrogens with zero attached hydrogens (tertiary/aromatic N) is 2. The van der Waals surface area contributed by atoms with Crippen LogP contribution in [-0.4, -0.2) is 37.1 Å². The lowest BCUT2D eigenvalue weighted by Crippen LogP contribution is -2.23. The second-order valence-electron chi connectivity index (χ2n) is 3.48. The summed E-state index contributed by atoms with van der Waals surface area (Å²) in [6, 6.07) is 2.56. The van der Waals surface area contributed by atoms with Crippen molar-refractivity contribution in [3.8, 4) is 0 Å². The van der Waals surface area contributed by atoms with Gasteiger partial charge in [0.2, 0.25) is 0 Å².